The zero-order valence-corrected chi connectivity index (χ0v) is 17.2. The van der Waals surface area contributed by atoms with Gasteiger partial charge in [0.15, 0.2) is 6.07 Å². The van der Waals surface area contributed by atoms with Crippen molar-refractivity contribution in [2.24, 2.45) is 5.92 Å². The van der Waals surface area contributed by atoms with Crippen molar-refractivity contribution in [2.75, 3.05) is 12.7 Å². The van der Waals surface area contributed by atoms with Gasteiger partial charge in [-0.25, -0.2) is 14.4 Å². The quantitative estimate of drug-likeness (QED) is 0.373. The van der Waals surface area contributed by atoms with Crippen LogP contribution in [0, 0.1) is 5.92 Å². The molecule has 0 aliphatic carbocycles. The normalized spacial score (nSPS) is 12.1. The largest absolute Gasteiger partial charge is 0.510 e. The van der Waals surface area contributed by atoms with Crippen molar-refractivity contribution in [3.63, 3.8) is 0 Å². The van der Waals surface area contributed by atoms with Crippen molar-refractivity contribution in [3.8, 4) is 0 Å². The van der Waals surface area contributed by atoms with Crippen molar-refractivity contribution in [2.45, 2.75) is 45.9 Å². The lowest BCUT2D eigenvalue weighted by atomic mass is 10.0. The van der Waals surface area contributed by atoms with Gasteiger partial charge in [0.05, 0.1) is 0 Å². The van der Waals surface area contributed by atoms with E-state index in [1.807, 2.05) is 30.3 Å². The van der Waals surface area contributed by atoms with Crippen LogP contribution in [0.4, 0.5) is 9.59 Å². The van der Waals surface area contributed by atoms with E-state index >= 15 is 0 Å². The number of amides is 1. The fourth-order valence-corrected chi connectivity index (χ4v) is 2.14. The molecule has 0 spiro atoms. The molecule has 0 saturated heterocycles. The number of esters is 1. The number of alkyl carbamates (subject to hydrolysis) is 1. The summed E-state index contributed by atoms with van der Waals surface area (Å²) in [5, 5.41) is 2.50. The van der Waals surface area contributed by atoms with Crippen molar-refractivity contribution in [1.82, 2.24) is 5.32 Å². The van der Waals surface area contributed by atoms with Crippen LogP contribution in [-0.2, 0) is 30.3 Å². The van der Waals surface area contributed by atoms with Gasteiger partial charge in [0.1, 0.15) is 24.9 Å². The lowest BCUT2D eigenvalue weighted by molar-refractivity contribution is -0.154. The predicted molar refractivity (Wildman–Crippen MR) is 102 cm³/mol. The first-order chi connectivity index (χ1) is 13.1. The lowest BCUT2D eigenvalue weighted by Crippen LogP contribution is -2.47. The Hall–Kier alpha value is -2.48. The first-order valence-electron chi connectivity index (χ1n) is 8.70. The highest BCUT2D eigenvalue weighted by Gasteiger charge is 2.31. The Bertz CT molecular complexity index is 649. The van der Waals surface area contributed by atoms with Gasteiger partial charge in [-0.15, -0.1) is 0 Å². The summed E-state index contributed by atoms with van der Waals surface area (Å²) in [6.07, 6.45) is -1.71. The van der Waals surface area contributed by atoms with Gasteiger partial charge in [0, 0.05) is 0 Å². The van der Waals surface area contributed by atoms with Gasteiger partial charge in [-0.05, 0) is 25.3 Å². The van der Waals surface area contributed by atoms with Crippen molar-refractivity contribution < 1.29 is 33.3 Å². The molecule has 0 bridgehead atoms. The van der Waals surface area contributed by atoms with E-state index in [0.29, 0.717) is 0 Å². The second-order valence-corrected chi connectivity index (χ2v) is 7.12. The van der Waals surface area contributed by atoms with E-state index in [-0.39, 0.29) is 25.2 Å². The molecule has 0 aromatic heterocycles. The molecule has 0 unspecified atom stereocenters. The van der Waals surface area contributed by atoms with E-state index in [0.717, 1.165) is 5.56 Å². The number of nitrogens with one attached hydrogen (secondary N) is 1. The molecule has 0 heterocycles. The minimum absolute atomic E-state index is 0.0795. The molecule has 0 radical (unpaired) electrons. The van der Waals surface area contributed by atoms with Crippen LogP contribution < -0.4 is 5.32 Å². The fraction of sp³-hybridized carbons (Fsp3) is 0.526. The third kappa shape index (κ3) is 8.94. The molecule has 0 saturated carbocycles. The molecule has 1 aromatic carbocycles. The van der Waals surface area contributed by atoms with Crippen LogP contribution >= 0.6 is 11.6 Å². The minimum Gasteiger partial charge on any atom is -0.460 e. The number of benzene rings is 1. The molecule has 0 fully saturated rings. The van der Waals surface area contributed by atoms with Gasteiger partial charge < -0.3 is 24.3 Å². The van der Waals surface area contributed by atoms with Gasteiger partial charge in [0.25, 0.3) is 0 Å². The molecule has 1 amide bonds. The molecule has 1 atom stereocenters. The second-order valence-electron chi connectivity index (χ2n) is 6.90. The maximum absolute atomic E-state index is 12.4. The highest BCUT2D eigenvalue weighted by molar-refractivity contribution is 6.17. The van der Waals surface area contributed by atoms with Gasteiger partial charge in [0.2, 0.25) is 0 Å². The van der Waals surface area contributed by atoms with Crippen LogP contribution in [0.3, 0.4) is 0 Å². The first-order valence-corrected chi connectivity index (χ1v) is 9.23. The molecule has 28 heavy (non-hydrogen) atoms. The van der Waals surface area contributed by atoms with E-state index < -0.39 is 29.9 Å². The molecular weight excluding hydrogens is 390 g/mol. The number of ether oxygens (including phenoxy) is 4. The molecule has 156 valence electrons. The Morgan fingerprint density at radius 1 is 1.07 bits per heavy atom. The van der Waals surface area contributed by atoms with E-state index in [1.165, 1.54) is 0 Å². The molecule has 1 rings (SSSR count). The summed E-state index contributed by atoms with van der Waals surface area (Å²) >= 11 is 5.28. The van der Waals surface area contributed by atoms with Gasteiger partial charge in [-0.1, -0.05) is 55.8 Å². The van der Waals surface area contributed by atoms with E-state index in [2.05, 4.69) is 10.1 Å². The Morgan fingerprint density at radius 3 is 2.29 bits per heavy atom. The van der Waals surface area contributed by atoms with Crippen molar-refractivity contribution in [1.29, 1.82) is 0 Å². The average molecular weight is 416 g/mol. The molecule has 0 aliphatic rings. The number of rotatable bonds is 9. The summed E-state index contributed by atoms with van der Waals surface area (Å²) in [6, 6.07) is 7.88. The van der Waals surface area contributed by atoms with Crippen LogP contribution in [0.15, 0.2) is 30.3 Å². The Morgan fingerprint density at radius 2 is 1.71 bits per heavy atom. The molecule has 1 aromatic rings. The summed E-state index contributed by atoms with van der Waals surface area (Å²) in [6.45, 7) is 6.44. The number of hydrogen-bond acceptors (Lipinski definition) is 7. The van der Waals surface area contributed by atoms with Gasteiger partial charge >= 0.3 is 18.2 Å². The summed E-state index contributed by atoms with van der Waals surface area (Å²) in [7, 11) is 0. The average Bonchev–Trinajstić information content (AvgIpc) is 2.63. The Balaban J connectivity index is 2.53. The van der Waals surface area contributed by atoms with Gasteiger partial charge in [-0.2, -0.15) is 0 Å². The van der Waals surface area contributed by atoms with E-state index in [9.17, 15) is 14.4 Å². The van der Waals surface area contributed by atoms with E-state index in [4.69, 9.17) is 25.8 Å². The third-order valence-corrected chi connectivity index (χ3v) is 3.61. The summed E-state index contributed by atoms with van der Waals surface area (Å²) in [5.74, 6) is -0.920. The highest BCUT2D eigenvalue weighted by atomic mass is 35.5. The Kier molecular flexibility index (Phi) is 9.58. The monoisotopic (exact) mass is 415 g/mol. The molecule has 1 N–H and O–H groups in total. The summed E-state index contributed by atoms with van der Waals surface area (Å²) in [5.41, 5.74) is -0.308. The van der Waals surface area contributed by atoms with E-state index in [1.54, 1.807) is 27.7 Å². The standard InChI is InChI=1S/C19H26ClNO7/c1-13(2)15(21-17(23)25-10-14-8-6-5-7-9-14)16(22)26-11-19(3,4)28-18(24)27-12-20/h5-9,13,15H,10-12H2,1-4H3,(H,21,23)/t15-/m0/s1. The van der Waals surface area contributed by atoms with Crippen molar-refractivity contribution in [3.05, 3.63) is 35.9 Å². The number of carbonyl (C=O) groups excluding carboxylic acids is 3. The maximum atomic E-state index is 12.4. The number of hydrogen-bond donors (Lipinski definition) is 1. The number of carbonyl (C=O) groups is 3. The minimum atomic E-state index is -1.13. The third-order valence-electron chi connectivity index (χ3n) is 3.50. The zero-order chi connectivity index (χ0) is 21.2. The van der Waals surface area contributed by atoms with Crippen LogP contribution in [0.2, 0.25) is 0 Å². The Labute approximate surface area is 169 Å². The highest BCUT2D eigenvalue weighted by Crippen LogP contribution is 2.13. The SMILES string of the molecule is CC(C)[C@H](NC(=O)OCc1ccccc1)C(=O)OCC(C)(C)OC(=O)OCCl. The number of halogens is 1. The smallest absolute Gasteiger partial charge is 0.460 e. The zero-order valence-electron chi connectivity index (χ0n) is 16.4. The lowest BCUT2D eigenvalue weighted by Gasteiger charge is -2.26. The molecule has 8 nitrogen and oxygen atoms in total. The maximum Gasteiger partial charge on any atom is 0.510 e. The van der Waals surface area contributed by atoms with Crippen molar-refractivity contribution >= 4 is 29.8 Å². The van der Waals surface area contributed by atoms with Gasteiger partial charge in [-0.3, -0.25) is 0 Å². The van der Waals surface area contributed by atoms with Crippen LogP contribution in [0.25, 0.3) is 0 Å². The second kappa shape index (κ2) is 11.4. The van der Waals surface area contributed by atoms with Crippen LogP contribution in [0.5, 0.6) is 0 Å². The predicted octanol–water partition coefficient (Wildman–Crippen LogP) is 3.61. The summed E-state index contributed by atoms with van der Waals surface area (Å²) in [4.78, 5) is 35.7. The van der Waals surface area contributed by atoms with Crippen LogP contribution in [0.1, 0.15) is 33.3 Å². The van der Waals surface area contributed by atoms with Crippen LogP contribution in [-0.4, -0.2) is 42.5 Å². The summed E-state index contributed by atoms with van der Waals surface area (Å²) < 4.78 is 19.8. The molecule has 0 aliphatic heterocycles. The number of alkyl halides is 1. The molecule has 9 heteroatoms. The fourth-order valence-electron chi connectivity index (χ4n) is 2.05. The molecular formula is C19H26ClNO7. The topological polar surface area (TPSA) is 100 Å². The first kappa shape index (κ1) is 23.6.